The van der Waals surface area contributed by atoms with Crippen molar-refractivity contribution in [2.75, 3.05) is 0 Å². The number of aromatic hydroxyl groups is 1. The second kappa shape index (κ2) is 4.38. The van der Waals surface area contributed by atoms with Crippen LogP contribution in [0.4, 0.5) is 0 Å². The van der Waals surface area contributed by atoms with Crippen molar-refractivity contribution >= 4 is 11.9 Å². The Bertz CT molecular complexity index is 436. The molecule has 2 aromatic carbocycles. The molecule has 0 aliphatic rings. The highest BCUT2D eigenvalue weighted by Crippen LogP contribution is 2.23. The van der Waals surface area contributed by atoms with Gasteiger partial charge in [-0.05, 0) is 47.3 Å². The Morgan fingerprint density at radius 1 is 0.800 bits per heavy atom. The van der Waals surface area contributed by atoms with Crippen molar-refractivity contribution in [1.29, 1.82) is 0 Å². The lowest BCUT2D eigenvalue weighted by atomic mass is 10.1. The van der Waals surface area contributed by atoms with Gasteiger partial charge in [0.2, 0.25) is 0 Å². The lowest BCUT2D eigenvalue weighted by Gasteiger charge is -2.02. The Hall–Kier alpha value is -1.45. The normalized spacial score (nSPS) is 10.2. The maximum atomic E-state index is 9.17. The third kappa shape index (κ3) is 2.32. The summed E-state index contributed by atoms with van der Waals surface area (Å²) in [4.78, 5) is 1.04. The SMILES string of the molecule is NSc1ccc(-c2ccc(O)cc2)cc1. The van der Waals surface area contributed by atoms with Gasteiger partial charge in [0.25, 0.3) is 0 Å². The van der Waals surface area contributed by atoms with Crippen LogP contribution in [0.25, 0.3) is 11.1 Å². The van der Waals surface area contributed by atoms with Crippen LogP contribution in [0.2, 0.25) is 0 Å². The van der Waals surface area contributed by atoms with Gasteiger partial charge in [0.1, 0.15) is 5.75 Å². The van der Waals surface area contributed by atoms with Gasteiger partial charge >= 0.3 is 0 Å². The van der Waals surface area contributed by atoms with Crippen LogP contribution in [0, 0.1) is 0 Å². The van der Waals surface area contributed by atoms with E-state index in [0.29, 0.717) is 0 Å². The van der Waals surface area contributed by atoms with Crippen molar-refractivity contribution in [1.82, 2.24) is 0 Å². The zero-order chi connectivity index (χ0) is 10.7. The van der Waals surface area contributed by atoms with Gasteiger partial charge in [-0.15, -0.1) is 0 Å². The highest BCUT2D eigenvalue weighted by molar-refractivity contribution is 7.97. The molecule has 2 nitrogen and oxygen atoms in total. The van der Waals surface area contributed by atoms with Crippen LogP contribution in [0.15, 0.2) is 53.4 Å². The first kappa shape index (κ1) is 10.1. The Morgan fingerprint density at radius 2 is 1.27 bits per heavy atom. The van der Waals surface area contributed by atoms with E-state index in [2.05, 4.69) is 0 Å². The van der Waals surface area contributed by atoms with E-state index >= 15 is 0 Å². The molecule has 0 aliphatic carbocycles. The third-order valence-electron chi connectivity index (χ3n) is 2.19. The molecule has 2 rings (SSSR count). The van der Waals surface area contributed by atoms with E-state index in [1.807, 2.05) is 36.4 Å². The van der Waals surface area contributed by atoms with E-state index in [4.69, 9.17) is 10.2 Å². The monoisotopic (exact) mass is 217 g/mol. The zero-order valence-electron chi connectivity index (χ0n) is 8.05. The average Bonchev–Trinajstić information content (AvgIpc) is 2.30. The summed E-state index contributed by atoms with van der Waals surface area (Å²) in [6, 6.07) is 15.1. The average molecular weight is 217 g/mol. The van der Waals surface area contributed by atoms with Crippen LogP contribution in [-0.4, -0.2) is 5.11 Å². The smallest absolute Gasteiger partial charge is 0.115 e. The number of rotatable bonds is 2. The fourth-order valence-electron chi connectivity index (χ4n) is 1.38. The number of benzene rings is 2. The van der Waals surface area contributed by atoms with Crippen molar-refractivity contribution < 1.29 is 5.11 Å². The quantitative estimate of drug-likeness (QED) is 0.760. The molecule has 0 heterocycles. The predicted molar refractivity (Wildman–Crippen MR) is 63.6 cm³/mol. The number of hydrogen-bond donors (Lipinski definition) is 2. The molecule has 0 unspecified atom stereocenters. The summed E-state index contributed by atoms with van der Waals surface area (Å²) in [5, 5.41) is 14.6. The molecule has 0 amide bonds. The molecule has 0 saturated heterocycles. The lowest BCUT2D eigenvalue weighted by molar-refractivity contribution is 0.475. The van der Waals surface area contributed by atoms with E-state index in [9.17, 15) is 0 Å². The maximum absolute atomic E-state index is 9.17. The van der Waals surface area contributed by atoms with Crippen LogP contribution in [0.1, 0.15) is 0 Å². The number of phenols is 1. The van der Waals surface area contributed by atoms with Crippen molar-refractivity contribution in [3.05, 3.63) is 48.5 Å². The molecule has 0 spiro atoms. The summed E-state index contributed by atoms with van der Waals surface area (Å²) in [7, 11) is 0. The Labute approximate surface area is 92.9 Å². The molecule has 2 aromatic rings. The zero-order valence-corrected chi connectivity index (χ0v) is 8.87. The van der Waals surface area contributed by atoms with Gasteiger partial charge in [-0.25, -0.2) is 0 Å². The maximum Gasteiger partial charge on any atom is 0.115 e. The molecule has 3 heteroatoms. The number of hydrogen-bond acceptors (Lipinski definition) is 3. The lowest BCUT2D eigenvalue weighted by Crippen LogP contribution is -1.80. The molecule has 0 aromatic heterocycles. The fourth-order valence-corrected chi connectivity index (χ4v) is 1.67. The summed E-state index contributed by atoms with van der Waals surface area (Å²) < 4.78 is 0. The van der Waals surface area contributed by atoms with E-state index in [-0.39, 0.29) is 5.75 Å². The van der Waals surface area contributed by atoms with Crippen molar-refractivity contribution in [2.24, 2.45) is 5.14 Å². The largest absolute Gasteiger partial charge is 0.508 e. The van der Waals surface area contributed by atoms with E-state index in [1.165, 1.54) is 11.9 Å². The van der Waals surface area contributed by atoms with Gasteiger partial charge < -0.3 is 5.11 Å². The van der Waals surface area contributed by atoms with E-state index < -0.39 is 0 Å². The van der Waals surface area contributed by atoms with Crippen molar-refractivity contribution in [3.8, 4) is 16.9 Å². The molecular weight excluding hydrogens is 206 g/mol. The van der Waals surface area contributed by atoms with Crippen LogP contribution in [0.5, 0.6) is 5.75 Å². The van der Waals surface area contributed by atoms with Gasteiger partial charge in [-0.2, -0.15) is 0 Å². The Balaban J connectivity index is 2.33. The van der Waals surface area contributed by atoms with E-state index in [1.54, 1.807) is 12.1 Å². The fraction of sp³-hybridized carbons (Fsp3) is 0. The first-order valence-electron chi connectivity index (χ1n) is 4.56. The van der Waals surface area contributed by atoms with Crippen LogP contribution < -0.4 is 5.14 Å². The minimum absolute atomic E-state index is 0.285. The van der Waals surface area contributed by atoms with E-state index in [0.717, 1.165) is 16.0 Å². The minimum Gasteiger partial charge on any atom is -0.508 e. The number of nitrogens with two attached hydrogens (primary N) is 1. The standard InChI is InChI=1S/C12H11NOS/c13-15-12-7-3-10(4-8-12)9-1-5-11(14)6-2-9/h1-8,14H,13H2. The summed E-state index contributed by atoms with van der Waals surface area (Å²) in [5.41, 5.74) is 2.20. The molecule has 76 valence electrons. The molecule has 3 N–H and O–H groups in total. The topological polar surface area (TPSA) is 46.2 Å². The van der Waals surface area contributed by atoms with Gasteiger partial charge in [0.05, 0.1) is 0 Å². The highest BCUT2D eigenvalue weighted by atomic mass is 32.2. The predicted octanol–water partition coefficient (Wildman–Crippen LogP) is 3.03. The van der Waals surface area contributed by atoms with Crippen molar-refractivity contribution in [2.45, 2.75) is 4.90 Å². The molecule has 0 radical (unpaired) electrons. The van der Waals surface area contributed by atoms with Gasteiger partial charge in [0.15, 0.2) is 0 Å². The van der Waals surface area contributed by atoms with Crippen LogP contribution in [0.3, 0.4) is 0 Å². The van der Waals surface area contributed by atoms with Crippen LogP contribution >= 0.6 is 11.9 Å². The van der Waals surface area contributed by atoms with Gasteiger partial charge in [0, 0.05) is 4.90 Å². The first-order chi connectivity index (χ1) is 7.29. The summed E-state index contributed by atoms with van der Waals surface area (Å²) in [6.07, 6.45) is 0. The summed E-state index contributed by atoms with van der Waals surface area (Å²) >= 11 is 1.24. The molecule has 0 saturated carbocycles. The molecule has 0 fully saturated rings. The third-order valence-corrected chi connectivity index (χ3v) is 2.74. The summed E-state index contributed by atoms with van der Waals surface area (Å²) in [5.74, 6) is 0.285. The van der Waals surface area contributed by atoms with Crippen LogP contribution in [-0.2, 0) is 0 Å². The van der Waals surface area contributed by atoms with Gasteiger partial charge in [-0.3, -0.25) is 5.14 Å². The first-order valence-corrected chi connectivity index (χ1v) is 5.44. The second-order valence-electron chi connectivity index (χ2n) is 3.19. The van der Waals surface area contributed by atoms with Gasteiger partial charge in [-0.1, -0.05) is 24.3 Å². The number of phenolic OH excluding ortho intramolecular Hbond substituents is 1. The molecule has 15 heavy (non-hydrogen) atoms. The Kier molecular flexibility index (Phi) is 2.94. The minimum atomic E-state index is 0.285. The molecule has 0 atom stereocenters. The Morgan fingerprint density at radius 3 is 1.73 bits per heavy atom. The molecule has 0 bridgehead atoms. The van der Waals surface area contributed by atoms with Crippen molar-refractivity contribution in [3.63, 3.8) is 0 Å². The second-order valence-corrected chi connectivity index (χ2v) is 3.90. The highest BCUT2D eigenvalue weighted by Gasteiger charge is 1.97. The summed E-state index contributed by atoms with van der Waals surface area (Å²) in [6.45, 7) is 0. The molecule has 0 aliphatic heterocycles. The molecular formula is C12H11NOS.